The molecule has 2 heterocycles. The van der Waals surface area contributed by atoms with Crippen LogP contribution in [0.25, 0.3) is 10.4 Å². The molecule has 0 aliphatic carbocycles. The summed E-state index contributed by atoms with van der Waals surface area (Å²) < 4.78 is 46.8. The van der Waals surface area contributed by atoms with Gasteiger partial charge in [0.05, 0.1) is 17.5 Å². The zero-order chi connectivity index (χ0) is 25.0. The maximum absolute atomic E-state index is 12.8. The zero-order valence-electron chi connectivity index (χ0n) is 18.2. The Hall–Kier alpha value is -3.73. The van der Waals surface area contributed by atoms with E-state index in [4.69, 9.17) is 4.74 Å². The third-order valence-corrected chi connectivity index (χ3v) is 6.39. The van der Waals surface area contributed by atoms with Gasteiger partial charge >= 0.3 is 6.36 Å². The molecule has 7 nitrogen and oxygen atoms in total. The highest BCUT2D eigenvalue weighted by atomic mass is 32.1. The minimum atomic E-state index is -4.75. The van der Waals surface area contributed by atoms with Gasteiger partial charge in [-0.25, -0.2) is 4.98 Å². The zero-order valence-corrected chi connectivity index (χ0v) is 19.0. The van der Waals surface area contributed by atoms with Crippen LogP contribution >= 0.6 is 11.3 Å². The van der Waals surface area contributed by atoms with Crippen LogP contribution in [0.3, 0.4) is 0 Å². The Balaban J connectivity index is 1.43. The summed E-state index contributed by atoms with van der Waals surface area (Å²) in [4.78, 5) is 41.4. The normalized spacial score (nSPS) is 13.9. The Bertz CT molecular complexity index is 1230. The molecule has 11 heteroatoms. The number of halogens is 3. The first-order chi connectivity index (χ1) is 16.8. The summed E-state index contributed by atoms with van der Waals surface area (Å²) in [7, 11) is 0. The number of alkyl halides is 3. The lowest BCUT2D eigenvalue weighted by Crippen LogP contribution is -2.36. The Morgan fingerprint density at radius 3 is 2.60 bits per heavy atom. The van der Waals surface area contributed by atoms with Gasteiger partial charge in [-0.3, -0.25) is 4.79 Å². The number of carbonyl (C=O) groups is 3. The number of hydrogen-bond acceptors (Lipinski definition) is 7. The first-order valence-corrected chi connectivity index (χ1v) is 11.4. The maximum Gasteiger partial charge on any atom is 0.573 e. The molecule has 1 aliphatic heterocycles. The Labute approximate surface area is 202 Å². The maximum atomic E-state index is 12.8. The molecule has 35 heavy (non-hydrogen) atoms. The second-order valence-electron chi connectivity index (χ2n) is 7.64. The fourth-order valence-corrected chi connectivity index (χ4v) is 4.57. The van der Waals surface area contributed by atoms with Gasteiger partial charge in [-0.1, -0.05) is 6.07 Å². The predicted molar refractivity (Wildman–Crippen MR) is 120 cm³/mol. The largest absolute Gasteiger partial charge is 0.573 e. The van der Waals surface area contributed by atoms with Crippen LogP contribution in [-0.2, 0) is 22.7 Å². The summed E-state index contributed by atoms with van der Waals surface area (Å²) in [5, 5.41) is 0.631. The van der Waals surface area contributed by atoms with Crippen molar-refractivity contribution >= 4 is 29.8 Å². The smallest absolute Gasteiger partial charge is 0.486 e. The SMILES string of the molecule is O=CCCC(C=O)N1Cc2c(OCc3ncc(-c4ccc(OC(F)(F)F)cc4)s3)cccc2C1=O. The summed E-state index contributed by atoms with van der Waals surface area (Å²) in [5.74, 6) is -0.106. The van der Waals surface area contributed by atoms with Crippen LogP contribution in [0.2, 0.25) is 0 Å². The molecule has 0 N–H and O–H groups in total. The van der Waals surface area contributed by atoms with E-state index in [2.05, 4.69) is 9.72 Å². The number of ether oxygens (including phenoxy) is 2. The molecule has 0 saturated carbocycles. The lowest BCUT2D eigenvalue weighted by atomic mass is 10.1. The van der Waals surface area contributed by atoms with E-state index in [-0.39, 0.29) is 37.6 Å². The van der Waals surface area contributed by atoms with Crippen molar-refractivity contribution in [1.82, 2.24) is 9.88 Å². The van der Waals surface area contributed by atoms with Crippen molar-refractivity contribution < 1.29 is 37.0 Å². The molecule has 0 radical (unpaired) electrons. The molecule has 1 aromatic heterocycles. The van der Waals surface area contributed by atoms with E-state index in [1.807, 2.05) is 0 Å². The van der Waals surface area contributed by atoms with Gasteiger partial charge < -0.3 is 24.0 Å². The van der Waals surface area contributed by atoms with E-state index < -0.39 is 12.4 Å². The first kappa shape index (κ1) is 24.4. The summed E-state index contributed by atoms with van der Waals surface area (Å²) in [6.45, 7) is 0.314. The number of aromatic nitrogens is 1. The summed E-state index contributed by atoms with van der Waals surface area (Å²) >= 11 is 1.32. The van der Waals surface area contributed by atoms with Gasteiger partial charge in [0.15, 0.2) is 0 Å². The monoisotopic (exact) mass is 504 g/mol. The molecule has 0 fully saturated rings. The third-order valence-electron chi connectivity index (χ3n) is 5.37. The number of carbonyl (C=O) groups excluding carboxylic acids is 3. The van der Waals surface area contributed by atoms with Crippen LogP contribution in [0.15, 0.2) is 48.7 Å². The second-order valence-corrected chi connectivity index (χ2v) is 8.76. The molecule has 1 unspecified atom stereocenters. The van der Waals surface area contributed by atoms with Crippen LogP contribution in [0, 0.1) is 0 Å². The van der Waals surface area contributed by atoms with Gasteiger partial charge in [0.2, 0.25) is 0 Å². The molecule has 3 aromatic rings. The van der Waals surface area contributed by atoms with Gasteiger partial charge in [0.1, 0.15) is 35.7 Å². The molecule has 1 amide bonds. The molecule has 0 saturated heterocycles. The molecule has 2 aromatic carbocycles. The van der Waals surface area contributed by atoms with E-state index in [0.29, 0.717) is 40.0 Å². The van der Waals surface area contributed by atoms with Crippen LogP contribution in [0.4, 0.5) is 13.2 Å². The highest BCUT2D eigenvalue weighted by Gasteiger charge is 2.34. The fraction of sp³-hybridized carbons (Fsp3) is 0.250. The van der Waals surface area contributed by atoms with Crippen LogP contribution in [0.1, 0.15) is 33.8 Å². The molecular weight excluding hydrogens is 485 g/mol. The Morgan fingerprint density at radius 2 is 1.91 bits per heavy atom. The fourth-order valence-electron chi connectivity index (χ4n) is 3.74. The minimum absolute atomic E-state index is 0.118. The van der Waals surface area contributed by atoms with Crippen molar-refractivity contribution in [2.24, 2.45) is 0 Å². The van der Waals surface area contributed by atoms with Crippen molar-refractivity contribution in [3.63, 3.8) is 0 Å². The van der Waals surface area contributed by atoms with Crippen molar-refractivity contribution in [2.45, 2.75) is 38.4 Å². The highest BCUT2D eigenvalue weighted by Crippen LogP contribution is 2.34. The van der Waals surface area contributed by atoms with Crippen LogP contribution < -0.4 is 9.47 Å². The van der Waals surface area contributed by atoms with E-state index in [1.165, 1.54) is 40.5 Å². The Morgan fingerprint density at radius 1 is 1.14 bits per heavy atom. The first-order valence-electron chi connectivity index (χ1n) is 10.5. The number of thiazole rings is 1. The lowest BCUT2D eigenvalue weighted by Gasteiger charge is -2.22. The van der Waals surface area contributed by atoms with E-state index in [1.54, 1.807) is 24.4 Å². The number of rotatable bonds is 10. The predicted octanol–water partition coefficient (Wildman–Crippen LogP) is 4.79. The van der Waals surface area contributed by atoms with Crippen LogP contribution in [-0.4, -0.2) is 40.8 Å². The van der Waals surface area contributed by atoms with Crippen molar-refractivity contribution in [3.05, 3.63) is 64.8 Å². The quantitative estimate of drug-likeness (QED) is 0.369. The molecular formula is C24H19F3N2O5S. The number of hydrogen-bond donors (Lipinski definition) is 0. The topological polar surface area (TPSA) is 85.8 Å². The standard InChI is InChI=1S/C24H19F3N2O5S/c25-24(26,27)34-17-8-6-15(7-9-17)21-11-28-22(35-21)14-33-20-5-1-4-18-19(20)12-29(23(18)32)16(13-31)3-2-10-30/h1,4-11,13,16H,2-3,12,14H2. The van der Waals surface area contributed by atoms with E-state index in [0.717, 1.165) is 4.88 Å². The lowest BCUT2D eigenvalue weighted by molar-refractivity contribution is -0.274. The Kier molecular flexibility index (Phi) is 7.15. The van der Waals surface area contributed by atoms with Gasteiger partial charge in [-0.2, -0.15) is 0 Å². The number of amides is 1. The summed E-state index contributed by atoms with van der Waals surface area (Å²) in [5.41, 5.74) is 1.79. The molecule has 182 valence electrons. The number of benzene rings is 2. The number of fused-ring (bicyclic) bond motifs is 1. The number of nitrogens with zero attached hydrogens (tertiary/aromatic N) is 2. The van der Waals surface area contributed by atoms with Crippen molar-refractivity contribution in [2.75, 3.05) is 0 Å². The average molecular weight is 504 g/mol. The van der Waals surface area contributed by atoms with E-state index in [9.17, 15) is 27.6 Å². The minimum Gasteiger partial charge on any atom is -0.486 e. The molecule has 4 rings (SSSR count). The molecule has 0 bridgehead atoms. The molecule has 0 spiro atoms. The molecule has 1 aliphatic rings. The summed E-state index contributed by atoms with van der Waals surface area (Å²) in [6.07, 6.45) is -1.32. The van der Waals surface area contributed by atoms with Gasteiger partial charge in [0, 0.05) is 23.7 Å². The van der Waals surface area contributed by atoms with Gasteiger partial charge in [-0.05, 0) is 48.4 Å². The van der Waals surface area contributed by atoms with Crippen molar-refractivity contribution in [3.8, 4) is 21.9 Å². The third kappa shape index (κ3) is 5.68. The second kappa shape index (κ2) is 10.3. The number of aldehydes is 2. The summed E-state index contributed by atoms with van der Waals surface area (Å²) in [6, 6.07) is 9.88. The van der Waals surface area contributed by atoms with E-state index >= 15 is 0 Å². The van der Waals surface area contributed by atoms with Gasteiger partial charge in [0.25, 0.3) is 5.91 Å². The van der Waals surface area contributed by atoms with Crippen LogP contribution in [0.5, 0.6) is 11.5 Å². The highest BCUT2D eigenvalue weighted by molar-refractivity contribution is 7.15. The van der Waals surface area contributed by atoms with Crippen molar-refractivity contribution in [1.29, 1.82) is 0 Å². The average Bonchev–Trinajstić information content (AvgIpc) is 3.43. The molecule has 1 atom stereocenters. The van der Waals surface area contributed by atoms with Gasteiger partial charge in [-0.15, -0.1) is 24.5 Å².